The highest BCUT2D eigenvalue weighted by atomic mass is 16.7. The average molecular weight is 919 g/mol. The smallest absolute Gasteiger partial charge is 0.187 e. The Hall–Kier alpha value is -1.02. The van der Waals surface area contributed by atoms with Crippen LogP contribution in [0.1, 0.15) is 86.0 Å². The number of rotatable bonds is 12. The van der Waals surface area contributed by atoms with Crippen LogP contribution in [0.3, 0.4) is 0 Å². The molecule has 4 aliphatic carbocycles. The molecule has 64 heavy (non-hydrogen) atoms. The predicted octanol–water partition coefficient (Wildman–Crippen LogP) is -1.86. The van der Waals surface area contributed by atoms with Gasteiger partial charge in [-0.15, -0.1) is 0 Å². The summed E-state index contributed by atoms with van der Waals surface area (Å²) in [5.41, 5.74) is 0.449. The van der Waals surface area contributed by atoms with Crippen LogP contribution in [-0.2, 0) is 33.2 Å². The first-order valence-corrected chi connectivity index (χ1v) is 23.5. The van der Waals surface area contributed by atoms with Crippen molar-refractivity contribution in [1.29, 1.82) is 0 Å². The summed E-state index contributed by atoms with van der Waals surface area (Å²) in [6.45, 7) is 8.97. The van der Waals surface area contributed by atoms with Gasteiger partial charge in [-0.2, -0.15) is 0 Å². The molecule has 0 amide bonds. The maximum Gasteiger partial charge on any atom is 0.187 e. The number of hydrogen-bond acceptors (Lipinski definition) is 19. The van der Waals surface area contributed by atoms with Crippen molar-refractivity contribution in [2.24, 2.45) is 46.3 Å². The van der Waals surface area contributed by atoms with Gasteiger partial charge in [0.1, 0.15) is 67.1 Å². The van der Waals surface area contributed by atoms with Crippen LogP contribution in [0.15, 0.2) is 11.6 Å². The molecule has 4 heterocycles. The molecule has 0 spiro atoms. The molecule has 0 aromatic carbocycles. The first-order valence-electron chi connectivity index (χ1n) is 23.5. The van der Waals surface area contributed by atoms with E-state index in [9.17, 15) is 61.3 Å². The summed E-state index contributed by atoms with van der Waals surface area (Å²) >= 11 is 0. The Morgan fingerprint density at radius 1 is 0.750 bits per heavy atom. The standard InChI is InChI=1S/C45H74O19/c1-18(17-58-40-36(54)34(52)32(50)27(15-46)61-40)8-11-45(57)19(2)30-26(64-45)14-25-23-7-6-21-12-22(13-29(48)44(21,5)24(23)9-10-43(25,30)4)60-42-38(56)35(53)39(28(16-47)62-42)63-41-37(55)33(51)31(49)20(3)59-41/h6,18-20,22-42,46-57H,7-17H2,1-5H3/t18-,19+,20+,22-,23-,24+,25+,26+,27-,28-,29-,30+,31+,32-,33-,34+,35-,36-,37-,38-,39-,40-,41+,42-,43+,44+,45-/m1/s1. The van der Waals surface area contributed by atoms with Crippen molar-refractivity contribution in [3.05, 3.63) is 11.6 Å². The van der Waals surface area contributed by atoms with E-state index in [2.05, 4.69) is 26.8 Å². The Labute approximate surface area is 373 Å². The molecule has 3 saturated carbocycles. The summed E-state index contributed by atoms with van der Waals surface area (Å²) < 4.78 is 41.4. The predicted molar refractivity (Wildman–Crippen MR) is 219 cm³/mol. The van der Waals surface area contributed by atoms with Crippen molar-refractivity contribution in [2.45, 2.75) is 202 Å². The van der Waals surface area contributed by atoms with Crippen molar-refractivity contribution < 1.29 is 94.4 Å². The van der Waals surface area contributed by atoms with Gasteiger partial charge in [0.2, 0.25) is 0 Å². The topological polar surface area (TPSA) is 307 Å². The molecule has 0 radical (unpaired) electrons. The molecule has 0 aromatic heterocycles. The molecule has 368 valence electrons. The summed E-state index contributed by atoms with van der Waals surface area (Å²) in [7, 11) is 0. The number of ether oxygens (including phenoxy) is 7. The summed E-state index contributed by atoms with van der Waals surface area (Å²) in [5, 5.41) is 128. The zero-order valence-electron chi connectivity index (χ0n) is 37.4. The summed E-state index contributed by atoms with van der Waals surface area (Å²) in [4.78, 5) is 0. The molecule has 19 nitrogen and oxygen atoms in total. The van der Waals surface area contributed by atoms with Crippen molar-refractivity contribution in [2.75, 3.05) is 19.8 Å². The first-order chi connectivity index (χ1) is 30.2. The van der Waals surface area contributed by atoms with Crippen LogP contribution in [-0.4, -0.2) is 197 Å². The van der Waals surface area contributed by atoms with E-state index in [1.165, 1.54) is 6.92 Å². The van der Waals surface area contributed by atoms with Gasteiger partial charge in [-0.25, -0.2) is 0 Å². The third-order valence-corrected chi connectivity index (χ3v) is 17.5. The van der Waals surface area contributed by atoms with Crippen LogP contribution >= 0.6 is 0 Å². The Kier molecular flexibility index (Phi) is 14.4. The molecule has 4 aliphatic heterocycles. The summed E-state index contributed by atoms with van der Waals surface area (Å²) in [6.07, 6.45) is -15.3. The van der Waals surface area contributed by atoms with E-state index >= 15 is 0 Å². The molecule has 8 aliphatic rings. The van der Waals surface area contributed by atoms with E-state index in [4.69, 9.17) is 33.2 Å². The van der Waals surface area contributed by atoms with Gasteiger partial charge in [-0.05, 0) is 80.5 Å². The number of aliphatic hydroxyl groups is 12. The Morgan fingerprint density at radius 3 is 2.09 bits per heavy atom. The van der Waals surface area contributed by atoms with Crippen LogP contribution in [0.5, 0.6) is 0 Å². The summed E-state index contributed by atoms with van der Waals surface area (Å²) in [5.74, 6) is -0.648. The Bertz CT molecular complexity index is 1640. The third kappa shape index (κ3) is 8.36. The molecule has 8 rings (SSSR count). The molecule has 0 unspecified atom stereocenters. The molecule has 0 bridgehead atoms. The SMILES string of the molecule is C[C@H](CC[C@@]1(O)O[C@H]2C[C@H]3[C@@H]4CC=C5C[C@@H](O[C@@H]6O[C@H](CO)[C@@H](O[C@@H]7O[C@@H](C)[C@H](O)[C@@H](O)[C@H]7O)[C@H](O)[C@H]6O)C[C@@H](O)[C@]5(C)[C@H]4CC[C@]3(C)[C@H]2[C@@H]1C)CO[C@@H]1O[C@H](CO)[C@@H](O)[C@H](O)[C@H]1O. The van der Waals surface area contributed by atoms with Gasteiger partial charge in [0, 0.05) is 24.2 Å². The normalized spacial score (nSPS) is 55.5. The van der Waals surface area contributed by atoms with Crippen LogP contribution < -0.4 is 0 Å². The second-order valence-corrected chi connectivity index (χ2v) is 21.1. The fraction of sp³-hybridized carbons (Fsp3) is 0.956. The van der Waals surface area contributed by atoms with E-state index in [1.54, 1.807) is 0 Å². The van der Waals surface area contributed by atoms with Crippen molar-refractivity contribution in [3.63, 3.8) is 0 Å². The lowest BCUT2D eigenvalue weighted by atomic mass is 9.46. The van der Waals surface area contributed by atoms with Crippen LogP contribution in [0.4, 0.5) is 0 Å². The molecule has 27 atom stereocenters. The van der Waals surface area contributed by atoms with E-state index < -0.39 is 129 Å². The second-order valence-electron chi connectivity index (χ2n) is 21.1. The van der Waals surface area contributed by atoms with Crippen molar-refractivity contribution >= 4 is 0 Å². The Morgan fingerprint density at radius 2 is 1.39 bits per heavy atom. The molecule has 19 heteroatoms. The van der Waals surface area contributed by atoms with Gasteiger partial charge in [-0.1, -0.05) is 39.3 Å². The second kappa shape index (κ2) is 18.7. The highest BCUT2D eigenvalue weighted by molar-refractivity contribution is 5.28. The van der Waals surface area contributed by atoms with Crippen LogP contribution in [0, 0.1) is 46.3 Å². The minimum Gasteiger partial charge on any atom is -0.394 e. The molecular formula is C45H74O19. The Balaban J connectivity index is 0.868. The van der Waals surface area contributed by atoms with Gasteiger partial charge in [0.05, 0.1) is 44.2 Å². The van der Waals surface area contributed by atoms with Crippen molar-refractivity contribution in [1.82, 2.24) is 0 Å². The highest BCUT2D eigenvalue weighted by Crippen LogP contribution is 2.70. The lowest BCUT2D eigenvalue weighted by molar-refractivity contribution is -0.361. The zero-order chi connectivity index (χ0) is 46.4. The highest BCUT2D eigenvalue weighted by Gasteiger charge is 2.68. The number of allylic oxidation sites excluding steroid dienone is 1. The quantitative estimate of drug-likeness (QED) is 0.0956. The fourth-order valence-corrected chi connectivity index (χ4v) is 13.6. The maximum atomic E-state index is 12.1. The van der Waals surface area contributed by atoms with E-state index in [0.717, 1.165) is 31.3 Å². The average Bonchev–Trinajstić information content (AvgIpc) is 3.70. The molecule has 12 N–H and O–H groups in total. The maximum absolute atomic E-state index is 12.1. The molecular weight excluding hydrogens is 844 g/mol. The first kappa shape index (κ1) is 49.4. The van der Waals surface area contributed by atoms with Gasteiger partial charge < -0.3 is 94.4 Å². The lowest BCUT2D eigenvalue weighted by Gasteiger charge is -2.60. The monoisotopic (exact) mass is 918 g/mol. The number of aliphatic hydroxyl groups excluding tert-OH is 11. The molecule has 7 fully saturated rings. The lowest BCUT2D eigenvalue weighted by Crippen LogP contribution is -2.64. The minimum atomic E-state index is -1.68. The molecule has 4 saturated heterocycles. The fourth-order valence-electron chi connectivity index (χ4n) is 13.6. The van der Waals surface area contributed by atoms with Gasteiger partial charge >= 0.3 is 0 Å². The zero-order valence-corrected chi connectivity index (χ0v) is 37.4. The van der Waals surface area contributed by atoms with Crippen molar-refractivity contribution in [3.8, 4) is 0 Å². The number of hydrogen-bond donors (Lipinski definition) is 12. The largest absolute Gasteiger partial charge is 0.394 e. The summed E-state index contributed by atoms with van der Waals surface area (Å²) in [6, 6.07) is 0. The van der Waals surface area contributed by atoms with E-state index in [1.807, 2.05) is 6.92 Å². The van der Waals surface area contributed by atoms with E-state index in [-0.39, 0.29) is 54.1 Å². The van der Waals surface area contributed by atoms with Crippen LogP contribution in [0.25, 0.3) is 0 Å². The third-order valence-electron chi connectivity index (χ3n) is 17.5. The number of fused-ring (bicyclic) bond motifs is 7. The molecule has 0 aromatic rings. The van der Waals surface area contributed by atoms with Crippen LogP contribution in [0.2, 0.25) is 0 Å². The van der Waals surface area contributed by atoms with Gasteiger partial charge in [0.15, 0.2) is 24.7 Å². The minimum absolute atomic E-state index is 0.0752. The van der Waals surface area contributed by atoms with E-state index in [0.29, 0.717) is 25.2 Å². The van der Waals surface area contributed by atoms with Gasteiger partial charge in [0.25, 0.3) is 0 Å². The van der Waals surface area contributed by atoms with Gasteiger partial charge in [-0.3, -0.25) is 0 Å².